The Balaban J connectivity index is 1.86. The van der Waals surface area contributed by atoms with E-state index in [-0.39, 0.29) is 41.0 Å². The molecule has 2 bridgehead atoms. The normalized spacial score (nSPS) is 42.6. The summed E-state index contributed by atoms with van der Waals surface area (Å²) in [6.07, 6.45) is 4.19. The monoisotopic (exact) mass is 254 g/mol. The van der Waals surface area contributed by atoms with Gasteiger partial charge in [-0.25, -0.2) is 0 Å². The zero-order valence-electron chi connectivity index (χ0n) is 10.6. The zero-order chi connectivity index (χ0) is 13.2. The summed E-state index contributed by atoms with van der Waals surface area (Å²) in [7, 11) is 0. The van der Waals surface area contributed by atoms with E-state index in [0.29, 0.717) is 0 Å². The van der Waals surface area contributed by atoms with Crippen molar-refractivity contribution in [1.82, 2.24) is 0 Å². The van der Waals surface area contributed by atoms with Crippen molar-refractivity contribution < 1.29 is 14.3 Å². The fraction of sp³-hybridized carbons (Fsp3) is 0.375. The summed E-state index contributed by atoms with van der Waals surface area (Å²) >= 11 is 0. The third kappa shape index (κ3) is 1.14. The van der Waals surface area contributed by atoms with Gasteiger partial charge in [0.1, 0.15) is 0 Å². The fourth-order valence-electron chi connectivity index (χ4n) is 4.30. The highest BCUT2D eigenvalue weighted by atomic mass is 16.6. The van der Waals surface area contributed by atoms with Gasteiger partial charge in [0.15, 0.2) is 0 Å². The van der Waals surface area contributed by atoms with Crippen LogP contribution < -0.4 is 0 Å². The molecule has 4 atom stereocenters. The molecule has 1 heterocycles. The second-order valence-corrected chi connectivity index (χ2v) is 5.88. The van der Waals surface area contributed by atoms with Crippen LogP contribution in [0.4, 0.5) is 0 Å². The number of hydrogen-bond donors (Lipinski definition) is 0. The number of cyclic esters (lactones) is 2. The first-order chi connectivity index (χ1) is 9.14. The molecule has 1 aromatic carbocycles. The van der Waals surface area contributed by atoms with Gasteiger partial charge in [0.05, 0.1) is 11.8 Å². The number of hydrogen-bond acceptors (Lipinski definition) is 3. The van der Waals surface area contributed by atoms with Gasteiger partial charge >= 0.3 is 11.9 Å². The van der Waals surface area contributed by atoms with Gasteiger partial charge in [-0.15, -0.1) is 0 Å². The molecule has 19 heavy (non-hydrogen) atoms. The predicted molar refractivity (Wildman–Crippen MR) is 68.0 cm³/mol. The van der Waals surface area contributed by atoms with E-state index >= 15 is 0 Å². The van der Waals surface area contributed by atoms with E-state index in [1.54, 1.807) is 0 Å². The molecule has 0 spiro atoms. The molecular weight excluding hydrogens is 240 g/mol. The lowest BCUT2D eigenvalue weighted by Gasteiger charge is -2.32. The summed E-state index contributed by atoms with van der Waals surface area (Å²) in [5.74, 6) is -1.10. The molecule has 3 heteroatoms. The molecule has 3 aliphatic rings. The topological polar surface area (TPSA) is 43.4 Å². The number of ether oxygens (including phenoxy) is 1. The quantitative estimate of drug-likeness (QED) is 0.438. The second kappa shape index (κ2) is 3.35. The van der Waals surface area contributed by atoms with E-state index in [4.69, 9.17) is 4.74 Å². The van der Waals surface area contributed by atoms with Crippen LogP contribution in [-0.2, 0) is 19.7 Å². The SMILES string of the molecule is CC1(c2ccccc2)C2C=CC1C1C(=O)OC(=O)C12. The lowest BCUT2D eigenvalue weighted by atomic mass is 9.71. The number of carbonyl (C=O) groups excluding carboxylic acids is 2. The predicted octanol–water partition coefficient (Wildman–Crippen LogP) is 2.08. The summed E-state index contributed by atoms with van der Waals surface area (Å²) in [4.78, 5) is 23.8. The van der Waals surface area contributed by atoms with Gasteiger partial charge in [0.2, 0.25) is 0 Å². The highest BCUT2D eigenvalue weighted by Gasteiger charge is 2.67. The minimum absolute atomic E-state index is 0.0730. The van der Waals surface area contributed by atoms with Crippen molar-refractivity contribution in [3.8, 4) is 0 Å². The molecule has 4 rings (SSSR count). The molecule has 0 aromatic heterocycles. The summed E-state index contributed by atoms with van der Waals surface area (Å²) < 4.78 is 4.82. The van der Waals surface area contributed by atoms with Crippen LogP contribution in [0.3, 0.4) is 0 Å². The Labute approximate surface area is 111 Å². The van der Waals surface area contributed by atoms with Gasteiger partial charge in [0, 0.05) is 17.3 Å². The van der Waals surface area contributed by atoms with E-state index in [1.165, 1.54) is 5.56 Å². The van der Waals surface area contributed by atoms with Gasteiger partial charge < -0.3 is 4.74 Å². The molecule has 96 valence electrons. The third-order valence-electron chi connectivity index (χ3n) is 5.21. The maximum absolute atomic E-state index is 11.9. The Bertz CT molecular complexity index is 572. The van der Waals surface area contributed by atoms with E-state index in [9.17, 15) is 9.59 Å². The molecule has 1 aromatic rings. The average Bonchev–Trinajstić information content (AvgIpc) is 3.00. The lowest BCUT2D eigenvalue weighted by molar-refractivity contribution is -0.155. The number of carbonyl (C=O) groups is 2. The molecule has 0 N–H and O–H groups in total. The van der Waals surface area contributed by atoms with E-state index in [2.05, 4.69) is 31.2 Å². The van der Waals surface area contributed by atoms with Crippen molar-refractivity contribution in [3.63, 3.8) is 0 Å². The standard InChI is InChI=1S/C16H14O3/c1-16(9-5-3-2-4-6-9)10-7-8-11(16)13-12(10)14(17)19-15(13)18/h2-8,10-13H,1H3. The van der Waals surface area contributed by atoms with Crippen molar-refractivity contribution in [2.45, 2.75) is 12.3 Å². The maximum Gasteiger partial charge on any atom is 0.318 e. The highest BCUT2D eigenvalue weighted by molar-refractivity contribution is 5.98. The van der Waals surface area contributed by atoms with E-state index < -0.39 is 0 Å². The van der Waals surface area contributed by atoms with Crippen molar-refractivity contribution in [2.75, 3.05) is 0 Å². The number of allylic oxidation sites excluding steroid dienone is 2. The minimum atomic E-state index is -0.339. The van der Waals surface area contributed by atoms with Crippen molar-refractivity contribution in [1.29, 1.82) is 0 Å². The van der Waals surface area contributed by atoms with Crippen LogP contribution in [-0.4, -0.2) is 11.9 Å². The first-order valence-corrected chi connectivity index (χ1v) is 6.63. The summed E-state index contributed by atoms with van der Waals surface area (Å²) in [5, 5.41) is 0. The van der Waals surface area contributed by atoms with Crippen molar-refractivity contribution in [3.05, 3.63) is 48.0 Å². The van der Waals surface area contributed by atoms with Crippen LogP contribution in [0.2, 0.25) is 0 Å². The van der Waals surface area contributed by atoms with Crippen LogP contribution in [0, 0.1) is 23.7 Å². The molecule has 1 saturated carbocycles. The lowest BCUT2D eigenvalue weighted by Crippen LogP contribution is -2.32. The van der Waals surface area contributed by atoms with Crippen LogP contribution in [0.15, 0.2) is 42.5 Å². The molecule has 2 aliphatic carbocycles. The van der Waals surface area contributed by atoms with Gasteiger partial charge in [-0.05, 0) is 5.56 Å². The van der Waals surface area contributed by atoms with Gasteiger partial charge in [-0.2, -0.15) is 0 Å². The molecule has 1 aliphatic heterocycles. The fourth-order valence-corrected chi connectivity index (χ4v) is 4.30. The van der Waals surface area contributed by atoms with Gasteiger partial charge in [0.25, 0.3) is 0 Å². The molecule has 0 radical (unpaired) electrons. The number of fused-ring (bicyclic) bond motifs is 5. The number of rotatable bonds is 1. The highest BCUT2D eigenvalue weighted by Crippen LogP contribution is 2.62. The van der Waals surface area contributed by atoms with Crippen LogP contribution in [0.1, 0.15) is 12.5 Å². The molecular formula is C16H14O3. The smallest absolute Gasteiger partial charge is 0.318 e. The van der Waals surface area contributed by atoms with E-state index in [1.807, 2.05) is 18.2 Å². The second-order valence-electron chi connectivity index (χ2n) is 5.88. The van der Waals surface area contributed by atoms with Crippen molar-refractivity contribution in [2.24, 2.45) is 23.7 Å². The average molecular weight is 254 g/mol. The zero-order valence-corrected chi connectivity index (χ0v) is 10.6. The van der Waals surface area contributed by atoms with E-state index in [0.717, 1.165) is 0 Å². The first-order valence-electron chi connectivity index (χ1n) is 6.63. The Morgan fingerprint density at radius 3 is 2.00 bits per heavy atom. The third-order valence-corrected chi connectivity index (χ3v) is 5.21. The van der Waals surface area contributed by atoms with Crippen LogP contribution in [0.5, 0.6) is 0 Å². The van der Waals surface area contributed by atoms with Gasteiger partial charge in [-0.1, -0.05) is 49.4 Å². The van der Waals surface area contributed by atoms with Gasteiger partial charge in [-0.3, -0.25) is 9.59 Å². The Morgan fingerprint density at radius 2 is 1.47 bits per heavy atom. The molecule has 1 saturated heterocycles. The molecule has 3 nitrogen and oxygen atoms in total. The molecule has 0 amide bonds. The Morgan fingerprint density at radius 1 is 0.947 bits per heavy atom. The summed E-state index contributed by atoms with van der Waals surface area (Å²) in [6, 6.07) is 10.2. The number of esters is 2. The largest absolute Gasteiger partial charge is 0.393 e. The molecule has 4 unspecified atom stereocenters. The first kappa shape index (κ1) is 11.0. The number of benzene rings is 1. The minimum Gasteiger partial charge on any atom is -0.393 e. The van der Waals surface area contributed by atoms with Crippen LogP contribution >= 0.6 is 0 Å². The Kier molecular flexibility index (Phi) is 1.93. The maximum atomic E-state index is 11.9. The summed E-state index contributed by atoms with van der Waals surface area (Å²) in [5.41, 5.74) is 1.04. The molecule has 2 fully saturated rings. The van der Waals surface area contributed by atoms with Crippen LogP contribution in [0.25, 0.3) is 0 Å². The van der Waals surface area contributed by atoms with Crippen molar-refractivity contribution >= 4 is 11.9 Å². The Hall–Kier alpha value is -1.90. The summed E-state index contributed by atoms with van der Waals surface area (Å²) in [6.45, 7) is 2.16.